The number of anilines is 1. The van der Waals surface area contributed by atoms with Crippen LogP contribution in [0.1, 0.15) is 12.6 Å². The molecule has 1 aliphatic heterocycles. The van der Waals surface area contributed by atoms with Crippen LogP contribution in [-0.4, -0.2) is 33.5 Å². The minimum absolute atomic E-state index is 0.0674. The molecule has 0 amide bonds. The zero-order valence-electron chi connectivity index (χ0n) is 8.41. The number of nitrogens with two attached hydrogens (primary N) is 1. The van der Waals surface area contributed by atoms with Gasteiger partial charge >= 0.3 is 5.69 Å². The van der Waals surface area contributed by atoms with Crippen LogP contribution < -0.4 is 11.4 Å². The van der Waals surface area contributed by atoms with E-state index in [9.17, 15) is 9.18 Å². The van der Waals surface area contributed by atoms with E-state index >= 15 is 0 Å². The quantitative estimate of drug-likeness (QED) is 0.709. The molecule has 2 heterocycles. The van der Waals surface area contributed by atoms with Crippen LogP contribution in [-0.2, 0) is 4.74 Å². The lowest BCUT2D eigenvalue weighted by molar-refractivity contribution is -0.0393. The molecule has 0 bridgehead atoms. The fraction of sp³-hybridized carbons (Fsp3) is 0.556. The number of ether oxygens (including phenoxy) is 1. The maximum Gasteiger partial charge on any atom is 0.351 e. The Kier molecular flexibility index (Phi) is 2.88. The van der Waals surface area contributed by atoms with Gasteiger partial charge in [0.2, 0.25) is 0 Å². The molecule has 0 spiro atoms. The molecular weight excluding hydrogens is 217 g/mol. The summed E-state index contributed by atoms with van der Waals surface area (Å²) in [5.74, 6) is 0.0772. The second kappa shape index (κ2) is 4.18. The Balaban J connectivity index is 2.28. The minimum Gasteiger partial charge on any atom is -0.394 e. The third-order valence-corrected chi connectivity index (χ3v) is 2.46. The average molecular weight is 229 g/mol. The monoisotopic (exact) mass is 229 g/mol. The highest BCUT2D eigenvalue weighted by atomic mass is 19.1. The third kappa shape index (κ3) is 1.91. The van der Waals surface area contributed by atoms with Gasteiger partial charge in [0.05, 0.1) is 12.7 Å². The molecule has 1 aromatic rings. The molecule has 88 valence electrons. The Bertz CT molecular complexity index is 436. The summed E-state index contributed by atoms with van der Waals surface area (Å²) in [5, 5.41) is 8.85. The molecule has 3 atom stereocenters. The Morgan fingerprint density at radius 1 is 1.75 bits per heavy atom. The summed E-state index contributed by atoms with van der Waals surface area (Å²) in [7, 11) is 0. The third-order valence-electron chi connectivity index (χ3n) is 2.46. The lowest BCUT2D eigenvalue weighted by atomic mass is 10.2. The molecule has 0 saturated carbocycles. The topological polar surface area (TPSA) is 90.4 Å². The van der Waals surface area contributed by atoms with Gasteiger partial charge in [-0.3, -0.25) is 4.57 Å². The largest absolute Gasteiger partial charge is 0.394 e. The number of aromatic nitrogens is 2. The normalized spacial score (nSPS) is 29.5. The van der Waals surface area contributed by atoms with Crippen LogP contribution in [0, 0.1) is 0 Å². The van der Waals surface area contributed by atoms with E-state index in [-0.39, 0.29) is 18.8 Å². The number of hydrogen-bond donors (Lipinski definition) is 2. The van der Waals surface area contributed by atoms with E-state index in [0.29, 0.717) is 0 Å². The van der Waals surface area contributed by atoms with Crippen molar-refractivity contribution in [1.29, 1.82) is 0 Å². The Morgan fingerprint density at radius 2 is 2.50 bits per heavy atom. The van der Waals surface area contributed by atoms with Gasteiger partial charge in [-0.05, 0) is 6.07 Å². The highest BCUT2D eigenvalue weighted by molar-refractivity contribution is 5.23. The number of alkyl halides is 1. The van der Waals surface area contributed by atoms with E-state index in [2.05, 4.69) is 4.98 Å². The van der Waals surface area contributed by atoms with E-state index in [1.54, 1.807) is 0 Å². The summed E-state index contributed by atoms with van der Waals surface area (Å²) >= 11 is 0. The molecule has 3 N–H and O–H groups in total. The van der Waals surface area contributed by atoms with Crippen molar-refractivity contribution in [3.8, 4) is 0 Å². The molecule has 0 aromatic carbocycles. The van der Waals surface area contributed by atoms with E-state index < -0.39 is 24.2 Å². The second-order valence-corrected chi connectivity index (χ2v) is 3.63. The van der Waals surface area contributed by atoms with Crippen LogP contribution in [0.25, 0.3) is 0 Å². The highest BCUT2D eigenvalue weighted by Crippen LogP contribution is 2.29. The predicted octanol–water partition coefficient (Wildman–Crippen LogP) is -0.557. The molecule has 0 radical (unpaired) electrons. The van der Waals surface area contributed by atoms with E-state index in [1.165, 1.54) is 12.3 Å². The number of halogens is 1. The number of hydrogen-bond acceptors (Lipinski definition) is 5. The van der Waals surface area contributed by atoms with Gasteiger partial charge in [-0.25, -0.2) is 9.18 Å². The first-order chi connectivity index (χ1) is 7.61. The number of aliphatic hydroxyl groups is 1. The first-order valence-electron chi connectivity index (χ1n) is 4.87. The molecule has 7 heteroatoms. The number of rotatable bonds is 2. The average Bonchev–Trinajstić information content (AvgIpc) is 2.60. The molecule has 1 aromatic heterocycles. The molecule has 1 aliphatic rings. The zero-order valence-corrected chi connectivity index (χ0v) is 8.41. The molecule has 6 nitrogen and oxygen atoms in total. The minimum atomic E-state index is -1.33. The van der Waals surface area contributed by atoms with Gasteiger partial charge < -0.3 is 15.6 Å². The Morgan fingerprint density at radius 3 is 3.06 bits per heavy atom. The Hall–Kier alpha value is -1.47. The Labute approximate surface area is 90.5 Å². The van der Waals surface area contributed by atoms with Crippen molar-refractivity contribution in [2.45, 2.75) is 24.9 Å². The predicted molar refractivity (Wildman–Crippen MR) is 53.4 cm³/mol. The van der Waals surface area contributed by atoms with Crippen LogP contribution in [0.15, 0.2) is 17.1 Å². The second-order valence-electron chi connectivity index (χ2n) is 3.63. The maximum atomic E-state index is 13.5. The van der Waals surface area contributed by atoms with E-state index in [4.69, 9.17) is 15.6 Å². The molecule has 2 rings (SSSR count). The van der Waals surface area contributed by atoms with Crippen molar-refractivity contribution >= 4 is 5.82 Å². The first-order valence-corrected chi connectivity index (χ1v) is 4.87. The van der Waals surface area contributed by atoms with Crippen LogP contribution in [0.5, 0.6) is 0 Å². The number of aliphatic hydroxyl groups excluding tert-OH is 1. The fourth-order valence-electron chi connectivity index (χ4n) is 1.68. The number of nitrogen functional groups attached to an aromatic ring is 1. The van der Waals surface area contributed by atoms with Crippen LogP contribution in [0.3, 0.4) is 0 Å². The van der Waals surface area contributed by atoms with Gasteiger partial charge in [-0.15, -0.1) is 0 Å². The lowest BCUT2D eigenvalue weighted by Gasteiger charge is -2.15. The van der Waals surface area contributed by atoms with Crippen molar-refractivity contribution in [3.05, 3.63) is 22.7 Å². The van der Waals surface area contributed by atoms with Crippen LogP contribution >= 0.6 is 0 Å². The standard InChI is InChI=1S/C9H12FN3O3/c10-6-3-5(4-14)16-8(6)13-2-1-7(11)12-9(13)15/h1-2,5-6,8,14H,3-4H2,(H2,11,12,15)/t5-,6?,8+/m0/s1. The van der Waals surface area contributed by atoms with Gasteiger partial charge in [-0.2, -0.15) is 4.98 Å². The number of nitrogens with zero attached hydrogens (tertiary/aromatic N) is 2. The van der Waals surface area contributed by atoms with Crippen LogP contribution in [0.2, 0.25) is 0 Å². The SMILES string of the molecule is Nc1ccn([C@@H]2O[C@H](CO)CC2F)c(=O)n1. The molecule has 1 fully saturated rings. The zero-order chi connectivity index (χ0) is 11.7. The van der Waals surface area contributed by atoms with Gasteiger partial charge in [0.25, 0.3) is 0 Å². The van der Waals surface area contributed by atoms with Crippen molar-refractivity contribution in [2.24, 2.45) is 0 Å². The smallest absolute Gasteiger partial charge is 0.351 e. The van der Waals surface area contributed by atoms with Crippen molar-refractivity contribution in [3.63, 3.8) is 0 Å². The fourth-order valence-corrected chi connectivity index (χ4v) is 1.68. The van der Waals surface area contributed by atoms with E-state index in [0.717, 1.165) is 4.57 Å². The van der Waals surface area contributed by atoms with E-state index in [1.807, 2.05) is 0 Å². The summed E-state index contributed by atoms with van der Waals surface area (Å²) < 4.78 is 19.8. The first kappa shape index (κ1) is 11.0. The summed E-state index contributed by atoms with van der Waals surface area (Å²) in [4.78, 5) is 14.9. The molecular formula is C9H12FN3O3. The molecule has 1 unspecified atom stereocenters. The van der Waals surface area contributed by atoms with Gasteiger partial charge in [0.15, 0.2) is 6.23 Å². The van der Waals surface area contributed by atoms with Crippen molar-refractivity contribution in [1.82, 2.24) is 9.55 Å². The van der Waals surface area contributed by atoms with Gasteiger partial charge in [-0.1, -0.05) is 0 Å². The van der Waals surface area contributed by atoms with Crippen molar-refractivity contribution in [2.75, 3.05) is 12.3 Å². The summed E-state index contributed by atoms with van der Waals surface area (Å²) in [6.07, 6.45) is -1.54. The summed E-state index contributed by atoms with van der Waals surface area (Å²) in [5.41, 5.74) is 4.65. The highest BCUT2D eigenvalue weighted by Gasteiger charge is 2.36. The molecule has 1 saturated heterocycles. The summed E-state index contributed by atoms with van der Waals surface area (Å²) in [6.45, 7) is -0.270. The van der Waals surface area contributed by atoms with Gasteiger partial charge in [0.1, 0.15) is 12.0 Å². The lowest BCUT2D eigenvalue weighted by Crippen LogP contribution is -2.30. The molecule has 0 aliphatic carbocycles. The van der Waals surface area contributed by atoms with Gasteiger partial charge in [0, 0.05) is 12.6 Å². The maximum absolute atomic E-state index is 13.5. The van der Waals surface area contributed by atoms with Crippen LogP contribution in [0.4, 0.5) is 10.2 Å². The van der Waals surface area contributed by atoms with Crippen molar-refractivity contribution < 1.29 is 14.2 Å². The summed E-state index contributed by atoms with van der Waals surface area (Å²) in [6, 6.07) is 1.39. The molecule has 16 heavy (non-hydrogen) atoms.